The predicted octanol–water partition coefficient (Wildman–Crippen LogP) is -1.68. The summed E-state index contributed by atoms with van der Waals surface area (Å²) in [5.74, 6) is 1.25. The van der Waals surface area contributed by atoms with E-state index in [1.807, 2.05) is 0 Å². The van der Waals surface area contributed by atoms with Gasteiger partial charge in [0.25, 0.3) is 11.8 Å². The van der Waals surface area contributed by atoms with Gasteiger partial charge in [-0.25, -0.2) is 9.59 Å². The van der Waals surface area contributed by atoms with Gasteiger partial charge in [0.05, 0.1) is 12.2 Å². The minimum atomic E-state index is -0.608. The van der Waals surface area contributed by atoms with Crippen molar-refractivity contribution >= 4 is 35.5 Å². The second kappa shape index (κ2) is 13.0. The zero-order valence-electron chi connectivity index (χ0n) is 15.4. The molecule has 4 amide bonds. The highest BCUT2D eigenvalue weighted by atomic mass is 16.2. The number of carbonyl (C=O) groups excluding carboxylic acids is 6. The molecule has 1 heterocycles. The van der Waals surface area contributed by atoms with Crippen molar-refractivity contribution in [1.29, 1.82) is 0 Å². The van der Waals surface area contributed by atoms with Gasteiger partial charge in [-0.3, -0.25) is 19.2 Å². The van der Waals surface area contributed by atoms with E-state index in [2.05, 4.69) is 21.3 Å². The molecule has 0 aromatic carbocycles. The van der Waals surface area contributed by atoms with Crippen molar-refractivity contribution in [3.8, 4) is 0 Å². The van der Waals surface area contributed by atoms with Crippen molar-refractivity contribution < 1.29 is 28.8 Å². The van der Waals surface area contributed by atoms with Crippen molar-refractivity contribution in [2.75, 3.05) is 13.1 Å². The first kappa shape index (κ1) is 22.8. The maximum atomic E-state index is 12.1. The fourth-order valence-electron chi connectivity index (χ4n) is 2.66. The number of unbranched alkanes of at least 4 members (excludes halogenated alkanes) is 2. The van der Waals surface area contributed by atoms with E-state index in [1.54, 1.807) is 0 Å². The van der Waals surface area contributed by atoms with Crippen molar-refractivity contribution in [2.24, 2.45) is 0 Å². The molecule has 0 aromatic heterocycles. The smallest absolute Gasteiger partial charge is 0.255 e. The van der Waals surface area contributed by atoms with Crippen molar-refractivity contribution in [2.45, 2.75) is 50.6 Å². The summed E-state index contributed by atoms with van der Waals surface area (Å²) in [5, 5.41) is 10.4. The first-order valence-corrected chi connectivity index (χ1v) is 9.06. The van der Waals surface area contributed by atoms with Crippen LogP contribution < -0.4 is 21.3 Å². The minimum absolute atomic E-state index is 0.248. The van der Waals surface area contributed by atoms with Crippen LogP contribution in [0, 0.1) is 0 Å². The Hall–Kier alpha value is -3.22. The summed E-state index contributed by atoms with van der Waals surface area (Å²) >= 11 is 0. The van der Waals surface area contributed by atoms with Gasteiger partial charge in [0, 0.05) is 13.1 Å². The first-order valence-electron chi connectivity index (χ1n) is 9.06. The van der Waals surface area contributed by atoms with Gasteiger partial charge in [0.1, 0.15) is 24.0 Å². The van der Waals surface area contributed by atoms with Crippen LogP contribution in [0.1, 0.15) is 38.5 Å². The summed E-state index contributed by atoms with van der Waals surface area (Å²) in [5.41, 5.74) is 0. The number of amides is 4. The molecule has 0 aliphatic carbocycles. The van der Waals surface area contributed by atoms with E-state index in [9.17, 15) is 28.8 Å². The second-order valence-electron chi connectivity index (χ2n) is 6.22. The fourth-order valence-corrected chi connectivity index (χ4v) is 2.66. The molecule has 1 aliphatic rings. The average Bonchev–Trinajstić information content (AvgIpc) is 2.65. The van der Waals surface area contributed by atoms with Gasteiger partial charge in [0.2, 0.25) is 11.8 Å². The van der Waals surface area contributed by atoms with Crippen LogP contribution >= 0.6 is 0 Å². The molecule has 1 saturated heterocycles. The third kappa shape index (κ3) is 8.93. The Morgan fingerprint density at radius 1 is 0.786 bits per heavy atom. The van der Waals surface area contributed by atoms with Crippen LogP contribution in [-0.4, -0.2) is 60.7 Å². The number of hydrogen-bond acceptors (Lipinski definition) is 6. The predicted molar refractivity (Wildman–Crippen MR) is 98.1 cm³/mol. The Kier molecular flexibility index (Phi) is 10.6. The van der Waals surface area contributed by atoms with E-state index in [1.165, 1.54) is 11.9 Å². The third-order valence-electron chi connectivity index (χ3n) is 4.08. The van der Waals surface area contributed by atoms with E-state index in [0.29, 0.717) is 51.6 Å². The second-order valence-corrected chi connectivity index (χ2v) is 6.22. The van der Waals surface area contributed by atoms with Gasteiger partial charge < -0.3 is 21.3 Å². The van der Waals surface area contributed by atoms with Crippen LogP contribution in [0.4, 0.5) is 0 Å². The molecule has 0 spiro atoms. The molecule has 0 bridgehead atoms. The first-order chi connectivity index (χ1) is 13.5. The summed E-state index contributed by atoms with van der Waals surface area (Å²) in [6, 6.07) is -1.22. The van der Waals surface area contributed by atoms with E-state index >= 15 is 0 Å². The standard InChI is InChI=1S/C18H24N4O6/c23-11-7-15(25)19-9-3-1-5-13-17(27)22-14(18(28)21-13)6-2-4-10-20-16(26)8-12-24/h7-8,13-14H,1-6,9-10H2,(H,19,25)(H,20,26)(H,21,28)(H,22,27). The number of nitrogens with one attached hydrogen (secondary N) is 4. The lowest BCUT2D eigenvalue weighted by Crippen LogP contribution is -2.61. The van der Waals surface area contributed by atoms with Crippen LogP contribution in [-0.2, 0) is 28.8 Å². The molecule has 4 N–H and O–H groups in total. The zero-order valence-corrected chi connectivity index (χ0v) is 15.4. The molecule has 1 rings (SSSR count). The molecule has 2 atom stereocenters. The molecule has 152 valence electrons. The summed E-state index contributed by atoms with van der Waals surface area (Å²) in [6.45, 7) is 0.724. The lowest BCUT2D eigenvalue weighted by atomic mass is 10.0. The Morgan fingerprint density at radius 2 is 1.18 bits per heavy atom. The molecule has 1 aliphatic heterocycles. The van der Waals surface area contributed by atoms with Crippen molar-refractivity contribution in [3.05, 3.63) is 12.2 Å². The molecular weight excluding hydrogens is 368 g/mol. The number of carbonyl (C=O) groups is 4. The summed E-state index contributed by atoms with van der Waals surface area (Å²) in [7, 11) is 0. The summed E-state index contributed by atoms with van der Waals surface area (Å²) in [6.07, 6.45) is 4.86. The van der Waals surface area contributed by atoms with Gasteiger partial charge in [-0.2, -0.15) is 0 Å². The topological polar surface area (TPSA) is 151 Å². The monoisotopic (exact) mass is 392 g/mol. The maximum absolute atomic E-state index is 12.1. The zero-order chi connectivity index (χ0) is 20.8. The molecular formula is C18H24N4O6. The SMILES string of the molecule is O=C=CC(=O)NCCCCC1NC(=O)C(CCCCNC(=O)C=C=O)NC1=O. The van der Waals surface area contributed by atoms with Crippen LogP contribution in [0.3, 0.4) is 0 Å². The highest BCUT2D eigenvalue weighted by Crippen LogP contribution is 2.10. The van der Waals surface area contributed by atoms with Gasteiger partial charge >= 0.3 is 0 Å². The highest BCUT2D eigenvalue weighted by Gasteiger charge is 2.32. The van der Waals surface area contributed by atoms with Crippen LogP contribution in [0.5, 0.6) is 0 Å². The maximum Gasteiger partial charge on any atom is 0.255 e. The largest absolute Gasteiger partial charge is 0.352 e. The molecule has 2 unspecified atom stereocenters. The molecule has 1 fully saturated rings. The van der Waals surface area contributed by atoms with Crippen LogP contribution in [0.2, 0.25) is 0 Å². The van der Waals surface area contributed by atoms with Crippen LogP contribution in [0.25, 0.3) is 0 Å². The molecule has 0 saturated carbocycles. The van der Waals surface area contributed by atoms with Crippen molar-refractivity contribution in [3.63, 3.8) is 0 Å². The third-order valence-corrected chi connectivity index (χ3v) is 4.08. The molecule has 0 radical (unpaired) electrons. The normalized spacial score (nSPS) is 18.0. The van der Waals surface area contributed by atoms with E-state index in [0.717, 1.165) is 12.2 Å². The average molecular weight is 392 g/mol. The number of piperazine rings is 1. The lowest BCUT2D eigenvalue weighted by Gasteiger charge is -2.29. The van der Waals surface area contributed by atoms with Gasteiger partial charge in [-0.15, -0.1) is 0 Å². The van der Waals surface area contributed by atoms with Crippen LogP contribution in [0.15, 0.2) is 12.2 Å². The minimum Gasteiger partial charge on any atom is -0.352 e. The number of rotatable bonds is 12. The van der Waals surface area contributed by atoms with Gasteiger partial charge in [-0.05, 0) is 38.5 Å². The fraction of sp³-hybridized carbons (Fsp3) is 0.556. The summed E-state index contributed by atoms with van der Waals surface area (Å²) < 4.78 is 0. The van der Waals surface area contributed by atoms with Gasteiger partial charge in [-0.1, -0.05) is 0 Å². The Morgan fingerprint density at radius 3 is 1.54 bits per heavy atom. The van der Waals surface area contributed by atoms with E-state index in [-0.39, 0.29) is 11.8 Å². The number of hydrogen-bond donors (Lipinski definition) is 4. The highest BCUT2D eigenvalue weighted by molar-refractivity contribution is 5.97. The molecule has 10 nitrogen and oxygen atoms in total. The Balaban J connectivity index is 2.21. The van der Waals surface area contributed by atoms with Gasteiger partial charge in [0.15, 0.2) is 0 Å². The molecule has 28 heavy (non-hydrogen) atoms. The summed E-state index contributed by atoms with van der Waals surface area (Å²) in [4.78, 5) is 66.3. The van der Waals surface area contributed by atoms with Crippen molar-refractivity contribution in [1.82, 2.24) is 21.3 Å². The van der Waals surface area contributed by atoms with E-state index < -0.39 is 23.9 Å². The quantitative estimate of drug-likeness (QED) is 0.177. The lowest BCUT2D eigenvalue weighted by molar-refractivity contribution is -0.137. The Bertz CT molecular complexity index is 622. The van der Waals surface area contributed by atoms with E-state index in [4.69, 9.17) is 0 Å². The molecule has 0 aromatic rings. The Labute approximate surface area is 162 Å². The molecule has 10 heteroatoms.